The second kappa shape index (κ2) is 10.4. The van der Waals surface area contributed by atoms with Gasteiger partial charge in [-0.2, -0.15) is 0 Å². The van der Waals surface area contributed by atoms with Crippen molar-refractivity contribution in [3.8, 4) is 11.5 Å². The molecule has 3 aromatic carbocycles. The lowest BCUT2D eigenvalue weighted by Gasteiger charge is -2.26. The zero-order valence-electron chi connectivity index (χ0n) is 19.1. The molecule has 3 rings (SSSR count). The highest BCUT2D eigenvalue weighted by atomic mass is 32.2. The average Bonchev–Trinajstić information content (AvgIpc) is 2.82. The molecule has 1 amide bonds. The third-order valence-corrected chi connectivity index (χ3v) is 7.02. The van der Waals surface area contributed by atoms with Crippen molar-refractivity contribution in [3.63, 3.8) is 0 Å². The summed E-state index contributed by atoms with van der Waals surface area (Å²) >= 11 is 0. The highest BCUT2D eigenvalue weighted by molar-refractivity contribution is 7.92. The first kappa shape index (κ1) is 24.1. The summed E-state index contributed by atoms with van der Waals surface area (Å²) in [6, 6.07) is 20.4. The van der Waals surface area contributed by atoms with E-state index in [2.05, 4.69) is 5.32 Å². The van der Waals surface area contributed by atoms with Gasteiger partial charge in [0.2, 0.25) is 5.91 Å². The van der Waals surface area contributed by atoms with E-state index in [1.807, 2.05) is 44.2 Å². The van der Waals surface area contributed by atoms with E-state index in [0.717, 1.165) is 15.4 Å². The van der Waals surface area contributed by atoms with Crippen LogP contribution in [0.2, 0.25) is 0 Å². The maximum atomic E-state index is 13.6. The number of carbonyl (C=O) groups excluding carboxylic acids is 1. The minimum Gasteiger partial charge on any atom is -0.493 e. The predicted molar refractivity (Wildman–Crippen MR) is 128 cm³/mol. The van der Waals surface area contributed by atoms with Gasteiger partial charge in [0.25, 0.3) is 10.0 Å². The first-order chi connectivity index (χ1) is 15.8. The van der Waals surface area contributed by atoms with E-state index < -0.39 is 22.5 Å². The molecule has 0 heterocycles. The van der Waals surface area contributed by atoms with Crippen LogP contribution >= 0.6 is 0 Å². The molecule has 8 heteroatoms. The van der Waals surface area contributed by atoms with Crippen molar-refractivity contribution in [1.29, 1.82) is 0 Å². The van der Waals surface area contributed by atoms with Crippen LogP contribution in [0.15, 0.2) is 77.7 Å². The lowest BCUT2D eigenvalue weighted by molar-refractivity contribution is -0.120. The van der Waals surface area contributed by atoms with Crippen molar-refractivity contribution in [2.75, 3.05) is 25.1 Å². The largest absolute Gasteiger partial charge is 0.493 e. The van der Waals surface area contributed by atoms with Gasteiger partial charge in [0.1, 0.15) is 6.54 Å². The molecule has 33 heavy (non-hydrogen) atoms. The van der Waals surface area contributed by atoms with E-state index in [1.165, 1.54) is 26.4 Å². The number of methoxy groups -OCH3 is 2. The topological polar surface area (TPSA) is 84.9 Å². The Hall–Kier alpha value is -3.52. The molecule has 174 valence electrons. The van der Waals surface area contributed by atoms with E-state index >= 15 is 0 Å². The molecule has 0 fully saturated rings. The van der Waals surface area contributed by atoms with Crippen molar-refractivity contribution < 1.29 is 22.7 Å². The van der Waals surface area contributed by atoms with Crippen LogP contribution in [0.5, 0.6) is 11.5 Å². The molecule has 0 radical (unpaired) electrons. The molecule has 3 aromatic rings. The Labute approximate surface area is 195 Å². The molecule has 1 N–H and O–H groups in total. The van der Waals surface area contributed by atoms with E-state index in [1.54, 1.807) is 30.3 Å². The lowest BCUT2D eigenvalue weighted by Crippen LogP contribution is -2.41. The van der Waals surface area contributed by atoms with Gasteiger partial charge in [-0.1, -0.05) is 48.0 Å². The number of anilines is 1. The number of carbonyl (C=O) groups is 1. The van der Waals surface area contributed by atoms with Gasteiger partial charge in [0.15, 0.2) is 11.5 Å². The molecule has 1 atom stereocenters. The number of aryl methyl sites for hydroxylation is 1. The van der Waals surface area contributed by atoms with Crippen LogP contribution in [0, 0.1) is 6.92 Å². The summed E-state index contributed by atoms with van der Waals surface area (Å²) in [6.45, 7) is 3.33. The molecule has 7 nitrogen and oxygen atoms in total. The molecule has 0 aromatic heterocycles. The number of sulfonamides is 1. The van der Waals surface area contributed by atoms with Gasteiger partial charge in [0, 0.05) is 6.07 Å². The minimum atomic E-state index is -4.03. The average molecular weight is 469 g/mol. The van der Waals surface area contributed by atoms with Crippen LogP contribution in [0.25, 0.3) is 0 Å². The van der Waals surface area contributed by atoms with Gasteiger partial charge in [-0.15, -0.1) is 0 Å². The van der Waals surface area contributed by atoms with Crippen LogP contribution < -0.4 is 19.1 Å². The molecular formula is C25H28N2O5S. The van der Waals surface area contributed by atoms with E-state index in [0.29, 0.717) is 11.5 Å². The molecular weight excluding hydrogens is 440 g/mol. The SMILES string of the molecule is COc1ccc(N(CC(=O)N[C@@H](C)c2ccccc2)S(=O)(=O)c2ccc(C)cc2)cc1OC. The Bertz CT molecular complexity index is 1200. The molecule has 0 saturated carbocycles. The molecule has 0 unspecified atom stereocenters. The summed E-state index contributed by atoms with van der Waals surface area (Å²) in [7, 11) is -1.07. The number of nitrogens with zero attached hydrogens (tertiary/aromatic N) is 1. The first-order valence-corrected chi connectivity index (χ1v) is 11.9. The predicted octanol–water partition coefficient (Wildman–Crippen LogP) is 4.08. The van der Waals surface area contributed by atoms with Crippen molar-refractivity contribution in [2.24, 2.45) is 0 Å². The number of rotatable bonds is 9. The van der Waals surface area contributed by atoms with Gasteiger partial charge in [-0.05, 0) is 43.7 Å². The van der Waals surface area contributed by atoms with Crippen LogP contribution in [0.4, 0.5) is 5.69 Å². The van der Waals surface area contributed by atoms with Crippen LogP contribution in [0.1, 0.15) is 24.1 Å². The Kier molecular flexibility index (Phi) is 7.60. The fourth-order valence-electron chi connectivity index (χ4n) is 3.38. The second-order valence-corrected chi connectivity index (χ2v) is 9.43. The summed E-state index contributed by atoms with van der Waals surface area (Å²) in [5.41, 5.74) is 2.14. The maximum Gasteiger partial charge on any atom is 0.264 e. The number of ether oxygens (including phenoxy) is 2. The monoisotopic (exact) mass is 468 g/mol. The first-order valence-electron chi connectivity index (χ1n) is 10.4. The van der Waals surface area contributed by atoms with Crippen LogP contribution in [0.3, 0.4) is 0 Å². The number of hydrogen-bond donors (Lipinski definition) is 1. The number of nitrogens with one attached hydrogen (secondary N) is 1. The summed E-state index contributed by atoms with van der Waals surface area (Å²) in [6.07, 6.45) is 0. The molecule has 0 saturated heterocycles. The smallest absolute Gasteiger partial charge is 0.264 e. The van der Waals surface area contributed by atoms with Crippen molar-refractivity contribution in [2.45, 2.75) is 24.8 Å². The van der Waals surface area contributed by atoms with Gasteiger partial charge in [0.05, 0.1) is 30.8 Å². The maximum absolute atomic E-state index is 13.6. The normalized spacial score (nSPS) is 12.0. The Morgan fingerprint density at radius 1 is 0.939 bits per heavy atom. The highest BCUT2D eigenvalue weighted by Gasteiger charge is 2.28. The second-order valence-electron chi connectivity index (χ2n) is 7.56. The standard InChI is InChI=1S/C25H28N2O5S/c1-18-10-13-22(14-11-18)33(29,30)27(21-12-15-23(31-3)24(16-21)32-4)17-25(28)26-19(2)20-8-6-5-7-9-20/h5-16,19H,17H2,1-4H3,(H,26,28)/t19-/m0/s1. The van der Waals surface area contributed by atoms with Crippen LogP contribution in [-0.4, -0.2) is 35.1 Å². The Balaban J connectivity index is 1.96. The zero-order valence-corrected chi connectivity index (χ0v) is 19.9. The quantitative estimate of drug-likeness (QED) is 0.511. The van der Waals surface area contributed by atoms with E-state index in [9.17, 15) is 13.2 Å². The fourth-order valence-corrected chi connectivity index (χ4v) is 4.79. The molecule has 0 bridgehead atoms. The van der Waals surface area contributed by atoms with Crippen LogP contribution in [-0.2, 0) is 14.8 Å². The minimum absolute atomic E-state index is 0.0896. The number of hydrogen-bond acceptors (Lipinski definition) is 5. The number of amides is 1. The fraction of sp³-hybridized carbons (Fsp3) is 0.240. The number of benzene rings is 3. The van der Waals surface area contributed by atoms with Gasteiger partial charge < -0.3 is 14.8 Å². The van der Waals surface area contributed by atoms with E-state index in [4.69, 9.17) is 9.47 Å². The summed E-state index contributed by atoms with van der Waals surface area (Å²) in [4.78, 5) is 13.0. The molecule has 0 spiro atoms. The third kappa shape index (κ3) is 5.64. The Morgan fingerprint density at radius 2 is 1.58 bits per heavy atom. The van der Waals surface area contributed by atoms with E-state index in [-0.39, 0.29) is 16.6 Å². The van der Waals surface area contributed by atoms with Crippen molar-refractivity contribution >= 4 is 21.6 Å². The highest BCUT2D eigenvalue weighted by Crippen LogP contribution is 2.33. The Morgan fingerprint density at radius 3 is 2.18 bits per heavy atom. The van der Waals surface area contributed by atoms with Crippen molar-refractivity contribution in [3.05, 3.63) is 83.9 Å². The summed E-state index contributed by atoms with van der Waals surface area (Å²) < 4.78 is 38.8. The van der Waals surface area contributed by atoms with Crippen molar-refractivity contribution in [1.82, 2.24) is 5.32 Å². The zero-order chi connectivity index (χ0) is 24.0. The van der Waals surface area contributed by atoms with Gasteiger partial charge >= 0.3 is 0 Å². The molecule has 0 aliphatic rings. The molecule has 0 aliphatic heterocycles. The van der Waals surface area contributed by atoms with Gasteiger partial charge in [-0.3, -0.25) is 9.10 Å². The summed E-state index contributed by atoms with van der Waals surface area (Å²) in [5, 5.41) is 2.88. The molecule has 0 aliphatic carbocycles. The lowest BCUT2D eigenvalue weighted by atomic mass is 10.1. The van der Waals surface area contributed by atoms with Gasteiger partial charge in [-0.25, -0.2) is 8.42 Å². The summed E-state index contributed by atoms with van der Waals surface area (Å²) in [5.74, 6) is 0.380. The third-order valence-electron chi connectivity index (χ3n) is 5.23.